The maximum absolute atomic E-state index is 12.9. The largest absolute Gasteiger partial charge is 0.355 e. The van der Waals surface area contributed by atoms with Crippen LogP contribution in [0.4, 0.5) is 4.39 Å². The van der Waals surface area contributed by atoms with Crippen LogP contribution in [0, 0.1) is 12.7 Å². The van der Waals surface area contributed by atoms with Crippen molar-refractivity contribution in [3.05, 3.63) is 45.8 Å². The quantitative estimate of drug-likeness (QED) is 0.904. The fourth-order valence-corrected chi connectivity index (χ4v) is 2.14. The summed E-state index contributed by atoms with van der Waals surface area (Å²) in [6.45, 7) is 2.15. The number of hydrogen-bond donors (Lipinski definition) is 1. The van der Waals surface area contributed by atoms with Gasteiger partial charge in [0, 0.05) is 17.4 Å². The van der Waals surface area contributed by atoms with Crippen LogP contribution < -0.4 is 5.32 Å². The van der Waals surface area contributed by atoms with E-state index in [4.69, 9.17) is 4.52 Å². The molecule has 1 N–H and O–H groups in total. The molecule has 7 heteroatoms. The zero-order chi connectivity index (χ0) is 14.5. The Balaban J connectivity index is 1.80. The van der Waals surface area contributed by atoms with Gasteiger partial charge in [-0.15, -0.1) is 0 Å². The molecule has 0 saturated carbocycles. The topological polar surface area (TPSA) is 68.0 Å². The molecule has 1 amide bonds. The Morgan fingerprint density at radius 3 is 2.95 bits per heavy atom. The summed E-state index contributed by atoms with van der Waals surface area (Å²) in [6.07, 6.45) is 0.668. The third-order valence-electron chi connectivity index (χ3n) is 2.60. The predicted molar refractivity (Wildman–Crippen MR) is 73.6 cm³/mol. The Kier molecular flexibility index (Phi) is 4.84. The van der Waals surface area contributed by atoms with Crippen molar-refractivity contribution in [3.63, 3.8) is 0 Å². The van der Waals surface area contributed by atoms with Crippen molar-refractivity contribution in [2.45, 2.75) is 19.8 Å². The van der Waals surface area contributed by atoms with Crippen LogP contribution in [-0.4, -0.2) is 22.6 Å². The molecule has 2 aromatic rings. The third kappa shape index (κ3) is 4.12. The highest BCUT2D eigenvalue weighted by atomic mass is 79.9. The molecule has 0 fully saturated rings. The predicted octanol–water partition coefficient (Wildman–Crippen LogP) is 2.18. The molecule has 5 nitrogen and oxygen atoms in total. The van der Waals surface area contributed by atoms with Crippen molar-refractivity contribution in [1.29, 1.82) is 0 Å². The van der Waals surface area contributed by atoms with Gasteiger partial charge >= 0.3 is 0 Å². The normalized spacial score (nSPS) is 10.6. The number of halogens is 2. The summed E-state index contributed by atoms with van der Waals surface area (Å²) in [7, 11) is 0. The molecule has 0 bridgehead atoms. The molecule has 106 valence electrons. The molecule has 0 aliphatic rings. The molecule has 1 aromatic carbocycles. The van der Waals surface area contributed by atoms with Crippen LogP contribution in [0.1, 0.15) is 17.3 Å². The van der Waals surface area contributed by atoms with Crippen LogP contribution in [0.2, 0.25) is 0 Å². The van der Waals surface area contributed by atoms with Gasteiger partial charge in [0.2, 0.25) is 11.8 Å². The minimum atomic E-state index is -0.340. The molecule has 2 rings (SSSR count). The van der Waals surface area contributed by atoms with Crippen molar-refractivity contribution < 1.29 is 13.7 Å². The Hall–Kier alpha value is -1.76. The lowest BCUT2D eigenvalue weighted by Crippen LogP contribution is -2.27. The van der Waals surface area contributed by atoms with Gasteiger partial charge in [0.25, 0.3) is 0 Å². The van der Waals surface area contributed by atoms with Gasteiger partial charge in [-0.1, -0.05) is 27.2 Å². The molecule has 0 radical (unpaired) electrons. The van der Waals surface area contributed by atoms with Crippen LogP contribution in [0.25, 0.3) is 0 Å². The summed E-state index contributed by atoms with van der Waals surface area (Å²) >= 11 is 3.23. The Morgan fingerprint density at radius 2 is 2.30 bits per heavy atom. The molecule has 1 heterocycles. The highest BCUT2D eigenvalue weighted by Gasteiger charge is 2.08. The molecule has 0 unspecified atom stereocenters. The standard InChI is InChI=1S/C13H13BrFN3O2/c1-8-17-13(20-18-8)4-5-16-12(19)6-9-2-3-10(15)7-11(9)14/h2-3,7H,4-6H2,1H3,(H,16,19). The number of carbonyl (C=O) groups is 1. The van der Waals surface area contributed by atoms with E-state index in [9.17, 15) is 9.18 Å². The number of aromatic nitrogens is 2. The molecule has 0 spiro atoms. The maximum atomic E-state index is 12.9. The highest BCUT2D eigenvalue weighted by molar-refractivity contribution is 9.10. The van der Waals surface area contributed by atoms with Gasteiger partial charge in [0.15, 0.2) is 5.82 Å². The van der Waals surface area contributed by atoms with Crippen LogP contribution in [0.5, 0.6) is 0 Å². The molecule has 1 aromatic heterocycles. The SMILES string of the molecule is Cc1noc(CCNC(=O)Cc2ccc(F)cc2Br)n1. The Labute approximate surface area is 123 Å². The Bertz CT molecular complexity index is 615. The van der Waals surface area contributed by atoms with Gasteiger partial charge in [-0.25, -0.2) is 4.39 Å². The van der Waals surface area contributed by atoms with Crippen molar-refractivity contribution in [2.75, 3.05) is 6.54 Å². The van der Waals surface area contributed by atoms with Gasteiger partial charge < -0.3 is 9.84 Å². The van der Waals surface area contributed by atoms with Gasteiger partial charge in [0.05, 0.1) is 6.42 Å². The summed E-state index contributed by atoms with van der Waals surface area (Å²) < 4.78 is 18.4. The van der Waals surface area contributed by atoms with Crippen molar-refractivity contribution in [1.82, 2.24) is 15.5 Å². The molecular weight excluding hydrogens is 329 g/mol. The first kappa shape index (κ1) is 14.6. The first-order valence-corrected chi connectivity index (χ1v) is 6.83. The average molecular weight is 342 g/mol. The number of benzene rings is 1. The number of nitrogens with zero attached hydrogens (tertiary/aromatic N) is 2. The van der Waals surface area contributed by atoms with Crippen LogP contribution >= 0.6 is 15.9 Å². The van der Waals surface area contributed by atoms with Crippen LogP contribution in [-0.2, 0) is 17.6 Å². The summed E-state index contributed by atoms with van der Waals surface area (Å²) in [6, 6.07) is 4.25. The second-order valence-electron chi connectivity index (χ2n) is 4.25. The number of hydrogen-bond acceptors (Lipinski definition) is 4. The monoisotopic (exact) mass is 341 g/mol. The second kappa shape index (κ2) is 6.60. The average Bonchev–Trinajstić information content (AvgIpc) is 2.79. The van der Waals surface area contributed by atoms with Gasteiger partial charge in [-0.2, -0.15) is 4.98 Å². The number of amides is 1. The van der Waals surface area contributed by atoms with E-state index in [1.54, 1.807) is 13.0 Å². The lowest BCUT2D eigenvalue weighted by atomic mass is 10.1. The fourth-order valence-electron chi connectivity index (χ4n) is 1.65. The zero-order valence-corrected chi connectivity index (χ0v) is 12.4. The summed E-state index contributed by atoms with van der Waals surface area (Å²) in [5.74, 6) is 0.577. The minimum absolute atomic E-state index is 0.145. The van der Waals surface area contributed by atoms with E-state index in [2.05, 4.69) is 31.4 Å². The van der Waals surface area contributed by atoms with Crippen molar-refractivity contribution >= 4 is 21.8 Å². The van der Waals surface area contributed by atoms with E-state index in [1.807, 2.05) is 0 Å². The number of rotatable bonds is 5. The van der Waals surface area contributed by atoms with E-state index < -0.39 is 0 Å². The smallest absolute Gasteiger partial charge is 0.228 e. The van der Waals surface area contributed by atoms with Crippen LogP contribution in [0.15, 0.2) is 27.2 Å². The zero-order valence-electron chi connectivity index (χ0n) is 10.8. The molecule has 0 saturated heterocycles. The summed E-state index contributed by atoms with van der Waals surface area (Å²) in [4.78, 5) is 15.8. The number of nitrogens with one attached hydrogen (secondary N) is 1. The van der Waals surface area contributed by atoms with Crippen molar-refractivity contribution in [3.8, 4) is 0 Å². The van der Waals surface area contributed by atoms with Gasteiger partial charge in [-0.05, 0) is 24.6 Å². The van der Waals surface area contributed by atoms with E-state index in [0.29, 0.717) is 29.2 Å². The van der Waals surface area contributed by atoms with E-state index in [0.717, 1.165) is 5.56 Å². The first-order chi connectivity index (χ1) is 9.54. The van der Waals surface area contributed by atoms with Gasteiger partial charge in [-0.3, -0.25) is 4.79 Å². The highest BCUT2D eigenvalue weighted by Crippen LogP contribution is 2.18. The second-order valence-corrected chi connectivity index (χ2v) is 5.10. The Morgan fingerprint density at radius 1 is 1.50 bits per heavy atom. The van der Waals surface area contributed by atoms with E-state index >= 15 is 0 Å². The third-order valence-corrected chi connectivity index (χ3v) is 3.33. The molecule has 20 heavy (non-hydrogen) atoms. The minimum Gasteiger partial charge on any atom is -0.355 e. The lowest BCUT2D eigenvalue weighted by Gasteiger charge is -2.05. The maximum Gasteiger partial charge on any atom is 0.228 e. The number of carbonyl (C=O) groups excluding carboxylic acids is 1. The molecule has 0 aliphatic carbocycles. The lowest BCUT2D eigenvalue weighted by molar-refractivity contribution is -0.120. The van der Waals surface area contributed by atoms with Gasteiger partial charge in [0.1, 0.15) is 5.82 Å². The first-order valence-electron chi connectivity index (χ1n) is 6.04. The summed E-state index contributed by atoms with van der Waals surface area (Å²) in [5.41, 5.74) is 0.734. The van der Waals surface area contributed by atoms with E-state index in [1.165, 1.54) is 12.1 Å². The van der Waals surface area contributed by atoms with Crippen LogP contribution in [0.3, 0.4) is 0 Å². The molecule has 0 aliphatic heterocycles. The van der Waals surface area contributed by atoms with E-state index in [-0.39, 0.29) is 18.1 Å². The molecular formula is C13H13BrFN3O2. The summed E-state index contributed by atoms with van der Waals surface area (Å²) in [5, 5.41) is 6.41. The molecule has 0 atom stereocenters. The van der Waals surface area contributed by atoms with Crippen molar-refractivity contribution in [2.24, 2.45) is 0 Å². The number of aryl methyl sites for hydroxylation is 1. The fraction of sp³-hybridized carbons (Fsp3) is 0.308.